The lowest BCUT2D eigenvalue weighted by Crippen LogP contribution is -2.17. The van der Waals surface area contributed by atoms with E-state index in [2.05, 4.69) is 10.5 Å². The van der Waals surface area contributed by atoms with E-state index in [0.717, 1.165) is 0 Å². The Kier molecular flexibility index (Phi) is 5.47. The minimum absolute atomic E-state index is 0.347. The molecule has 1 N–H and O–H groups in total. The minimum Gasteiger partial charge on any atom is -0.493 e. The summed E-state index contributed by atoms with van der Waals surface area (Å²) in [4.78, 5) is 12.1. The summed E-state index contributed by atoms with van der Waals surface area (Å²) in [6, 6.07) is 5.15. The van der Waals surface area contributed by atoms with Gasteiger partial charge in [-0.2, -0.15) is 5.10 Å². The number of methoxy groups -OCH3 is 3. The van der Waals surface area contributed by atoms with Crippen molar-refractivity contribution < 1.29 is 23.4 Å². The number of benzene rings is 1. The Hall–Kier alpha value is -2.96. The predicted molar refractivity (Wildman–Crippen MR) is 89.3 cm³/mol. The Labute approximate surface area is 140 Å². The zero-order valence-corrected chi connectivity index (χ0v) is 14.3. The first-order valence-corrected chi connectivity index (χ1v) is 7.21. The fourth-order valence-corrected chi connectivity index (χ4v) is 2.30. The van der Waals surface area contributed by atoms with Crippen molar-refractivity contribution in [2.24, 2.45) is 5.10 Å². The molecule has 0 fully saturated rings. The van der Waals surface area contributed by atoms with E-state index >= 15 is 0 Å². The van der Waals surface area contributed by atoms with Gasteiger partial charge in [-0.05, 0) is 32.0 Å². The quantitative estimate of drug-likeness (QED) is 0.649. The highest BCUT2D eigenvalue weighted by Crippen LogP contribution is 2.38. The number of hydrazone groups is 1. The molecule has 0 aliphatic heterocycles. The number of ether oxygens (including phenoxy) is 3. The number of carbonyl (C=O) groups excluding carboxylic acids is 1. The first kappa shape index (κ1) is 17.4. The van der Waals surface area contributed by atoms with Crippen LogP contribution in [0.2, 0.25) is 0 Å². The van der Waals surface area contributed by atoms with Gasteiger partial charge in [0, 0.05) is 5.56 Å². The Morgan fingerprint density at radius 1 is 1.12 bits per heavy atom. The maximum absolute atomic E-state index is 12.1. The van der Waals surface area contributed by atoms with Crippen molar-refractivity contribution >= 4 is 12.1 Å². The summed E-state index contributed by atoms with van der Waals surface area (Å²) in [5.74, 6) is 2.33. The Morgan fingerprint density at radius 3 is 2.38 bits per heavy atom. The molecule has 1 aromatic heterocycles. The van der Waals surface area contributed by atoms with E-state index in [-0.39, 0.29) is 5.91 Å². The minimum atomic E-state index is -0.347. The van der Waals surface area contributed by atoms with Crippen LogP contribution in [0.25, 0.3) is 0 Å². The standard InChI is InChI=1S/C17H20N2O5/c1-10-8-13(11(2)24-10)17(20)19-18-9-12-6-7-14(21-3)16(23-5)15(12)22-4/h6-9H,1-5H3,(H,19,20). The van der Waals surface area contributed by atoms with Crippen LogP contribution < -0.4 is 19.6 Å². The second-order valence-corrected chi connectivity index (χ2v) is 4.95. The molecule has 2 aromatic rings. The van der Waals surface area contributed by atoms with E-state index < -0.39 is 0 Å². The maximum atomic E-state index is 12.1. The summed E-state index contributed by atoms with van der Waals surface area (Å²) < 4.78 is 21.2. The summed E-state index contributed by atoms with van der Waals surface area (Å²) in [6.07, 6.45) is 1.47. The lowest BCUT2D eigenvalue weighted by molar-refractivity contribution is 0.0953. The van der Waals surface area contributed by atoms with Gasteiger partial charge < -0.3 is 18.6 Å². The molecule has 7 nitrogen and oxygen atoms in total. The van der Waals surface area contributed by atoms with Crippen LogP contribution in [-0.2, 0) is 0 Å². The molecule has 2 rings (SSSR count). The number of hydrogen-bond acceptors (Lipinski definition) is 6. The largest absolute Gasteiger partial charge is 0.493 e. The average Bonchev–Trinajstić information content (AvgIpc) is 2.92. The van der Waals surface area contributed by atoms with E-state index in [1.54, 1.807) is 39.2 Å². The van der Waals surface area contributed by atoms with Crippen LogP contribution in [0.1, 0.15) is 27.4 Å². The summed E-state index contributed by atoms with van der Waals surface area (Å²) in [5, 5.41) is 3.97. The van der Waals surface area contributed by atoms with Gasteiger partial charge in [0.2, 0.25) is 5.75 Å². The summed E-state index contributed by atoms with van der Waals surface area (Å²) in [7, 11) is 4.58. The number of furan rings is 1. The van der Waals surface area contributed by atoms with Gasteiger partial charge in [0.15, 0.2) is 11.5 Å². The fraction of sp³-hybridized carbons (Fsp3) is 0.294. The smallest absolute Gasteiger partial charge is 0.274 e. The van der Waals surface area contributed by atoms with Crippen LogP contribution in [0, 0.1) is 13.8 Å². The molecule has 128 valence electrons. The van der Waals surface area contributed by atoms with Crippen LogP contribution in [0.5, 0.6) is 17.2 Å². The fourth-order valence-electron chi connectivity index (χ4n) is 2.30. The molecule has 0 unspecified atom stereocenters. The van der Waals surface area contributed by atoms with Crippen LogP contribution in [0.15, 0.2) is 27.7 Å². The number of rotatable bonds is 6. The Bertz CT molecular complexity index is 765. The molecule has 1 amide bonds. The lowest BCUT2D eigenvalue weighted by Gasteiger charge is -2.13. The molecular formula is C17H20N2O5. The molecule has 24 heavy (non-hydrogen) atoms. The molecule has 0 aliphatic carbocycles. The number of nitrogens with zero attached hydrogens (tertiary/aromatic N) is 1. The molecule has 0 atom stereocenters. The Morgan fingerprint density at radius 2 is 1.83 bits per heavy atom. The van der Waals surface area contributed by atoms with Crippen molar-refractivity contribution in [1.82, 2.24) is 5.43 Å². The van der Waals surface area contributed by atoms with Gasteiger partial charge in [0.1, 0.15) is 11.5 Å². The van der Waals surface area contributed by atoms with Crippen molar-refractivity contribution in [3.8, 4) is 17.2 Å². The number of hydrogen-bond donors (Lipinski definition) is 1. The topological polar surface area (TPSA) is 82.3 Å². The van der Waals surface area contributed by atoms with E-state index in [1.807, 2.05) is 0 Å². The SMILES string of the molecule is COc1ccc(C=NNC(=O)c2cc(C)oc2C)c(OC)c1OC. The highest BCUT2D eigenvalue weighted by atomic mass is 16.5. The van der Waals surface area contributed by atoms with Crippen LogP contribution in [0.4, 0.5) is 0 Å². The molecule has 7 heteroatoms. The number of aryl methyl sites for hydroxylation is 2. The molecule has 0 radical (unpaired) electrons. The zero-order chi connectivity index (χ0) is 17.7. The van der Waals surface area contributed by atoms with Gasteiger partial charge in [0.25, 0.3) is 5.91 Å². The van der Waals surface area contributed by atoms with Gasteiger partial charge in [-0.25, -0.2) is 5.43 Å². The zero-order valence-electron chi connectivity index (χ0n) is 14.3. The highest BCUT2D eigenvalue weighted by molar-refractivity contribution is 5.96. The lowest BCUT2D eigenvalue weighted by atomic mass is 10.2. The molecular weight excluding hydrogens is 312 g/mol. The van der Waals surface area contributed by atoms with E-state index in [1.165, 1.54) is 20.4 Å². The highest BCUT2D eigenvalue weighted by Gasteiger charge is 2.15. The predicted octanol–water partition coefficient (Wildman–Crippen LogP) is 2.69. The second kappa shape index (κ2) is 7.54. The van der Waals surface area contributed by atoms with Crippen molar-refractivity contribution in [1.29, 1.82) is 0 Å². The third-order valence-corrected chi connectivity index (χ3v) is 3.39. The number of nitrogens with one attached hydrogen (secondary N) is 1. The second-order valence-electron chi connectivity index (χ2n) is 4.95. The maximum Gasteiger partial charge on any atom is 0.274 e. The van der Waals surface area contributed by atoms with Crippen LogP contribution >= 0.6 is 0 Å². The normalized spacial score (nSPS) is 10.7. The molecule has 1 heterocycles. The first-order valence-electron chi connectivity index (χ1n) is 7.21. The molecule has 0 saturated carbocycles. The van der Waals surface area contributed by atoms with Crippen LogP contribution in [0.3, 0.4) is 0 Å². The van der Waals surface area contributed by atoms with Gasteiger partial charge in [-0.3, -0.25) is 4.79 Å². The number of carbonyl (C=O) groups is 1. The molecule has 0 aliphatic rings. The first-order chi connectivity index (χ1) is 11.5. The van der Waals surface area contributed by atoms with Crippen molar-refractivity contribution in [2.45, 2.75) is 13.8 Å². The Balaban J connectivity index is 2.20. The average molecular weight is 332 g/mol. The monoisotopic (exact) mass is 332 g/mol. The van der Waals surface area contributed by atoms with E-state index in [0.29, 0.717) is 39.9 Å². The van der Waals surface area contributed by atoms with E-state index in [9.17, 15) is 4.79 Å². The number of amides is 1. The third kappa shape index (κ3) is 3.51. The van der Waals surface area contributed by atoms with Crippen molar-refractivity contribution in [3.63, 3.8) is 0 Å². The molecule has 0 bridgehead atoms. The third-order valence-electron chi connectivity index (χ3n) is 3.39. The molecule has 1 aromatic carbocycles. The molecule has 0 saturated heterocycles. The van der Waals surface area contributed by atoms with Gasteiger partial charge in [-0.15, -0.1) is 0 Å². The summed E-state index contributed by atoms with van der Waals surface area (Å²) >= 11 is 0. The van der Waals surface area contributed by atoms with E-state index in [4.69, 9.17) is 18.6 Å². The summed E-state index contributed by atoms with van der Waals surface area (Å²) in [5.41, 5.74) is 3.54. The summed E-state index contributed by atoms with van der Waals surface area (Å²) in [6.45, 7) is 3.50. The van der Waals surface area contributed by atoms with Crippen LogP contribution in [-0.4, -0.2) is 33.5 Å². The van der Waals surface area contributed by atoms with Gasteiger partial charge >= 0.3 is 0 Å². The van der Waals surface area contributed by atoms with Crippen molar-refractivity contribution in [2.75, 3.05) is 21.3 Å². The van der Waals surface area contributed by atoms with Crippen molar-refractivity contribution in [3.05, 3.63) is 40.8 Å². The molecule has 0 spiro atoms. The van der Waals surface area contributed by atoms with Gasteiger partial charge in [0.05, 0.1) is 33.1 Å². The van der Waals surface area contributed by atoms with Gasteiger partial charge in [-0.1, -0.05) is 0 Å².